The molecule has 3 N–H and O–H groups in total. The van der Waals surface area contributed by atoms with Gasteiger partial charge in [0.15, 0.2) is 5.82 Å². The SMILES string of the molecule is Nc1nc(NC=O)nc(-c2ccccc2)n1. The van der Waals surface area contributed by atoms with Gasteiger partial charge in [0.05, 0.1) is 0 Å². The van der Waals surface area contributed by atoms with Gasteiger partial charge in [0.2, 0.25) is 18.3 Å². The molecule has 0 spiro atoms. The van der Waals surface area contributed by atoms with Crippen LogP contribution in [0.4, 0.5) is 11.9 Å². The second-order valence-corrected chi connectivity index (χ2v) is 2.97. The van der Waals surface area contributed by atoms with Gasteiger partial charge in [-0.15, -0.1) is 0 Å². The molecule has 6 heteroatoms. The van der Waals surface area contributed by atoms with Gasteiger partial charge in [0.1, 0.15) is 0 Å². The summed E-state index contributed by atoms with van der Waals surface area (Å²) in [6.07, 6.45) is 0.490. The summed E-state index contributed by atoms with van der Waals surface area (Å²) in [6, 6.07) is 9.31. The van der Waals surface area contributed by atoms with Gasteiger partial charge in [-0.2, -0.15) is 15.0 Å². The van der Waals surface area contributed by atoms with Gasteiger partial charge in [-0.05, 0) is 0 Å². The van der Waals surface area contributed by atoms with Gasteiger partial charge < -0.3 is 5.73 Å². The van der Waals surface area contributed by atoms with Crippen LogP contribution in [0.15, 0.2) is 30.3 Å². The highest BCUT2D eigenvalue weighted by Gasteiger charge is 2.05. The van der Waals surface area contributed by atoms with E-state index in [2.05, 4.69) is 20.3 Å². The molecule has 1 aromatic carbocycles. The molecule has 0 atom stereocenters. The molecule has 0 aliphatic heterocycles. The molecule has 0 aliphatic carbocycles. The third-order valence-electron chi connectivity index (χ3n) is 1.87. The Labute approximate surface area is 91.6 Å². The number of nitrogens with two attached hydrogens (primary N) is 1. The number of amides is 1. The Bertz CT molecular complexity index is 500. The summed E-state index contributed by atoms with van der Waals surface area (Å²) < 4.78 is 0. The first kappa shape index (κ1) is 10.0. The zero-order valence-corrected chi connectivity index (χ0v) is 8.29. The second kappa shape index (κ2) is 4.35. The Balaban J connectivity index is 2.45. The van der Waals surface area contributed by atoms with Crippen LogP contribution < -0.4 is 11.1 Å². The molecule has 2 rings (SSSR count). The molecule has 0 unspecified atom stereocenters. The fraction of sp³-hybridized carbons (Fsp3) is 0. The van der Waals surface area contributed by atoms with Crippen molar-refractivity contribution in [1.29, 1.82) is 0 Å². The lowest BCUT2D eigenvalue weighted by molar-refractivity contribution is -0.105. The highest BCUT2D eigenvalue weighted by Crippen LogP contribution is 2.15. The number of hydrogen-bond acceptors (Lipinski definition) is 5. The minimum absolute atomic E-state index is 0.0678. The van der Waals surface area contributed by atoms with E-state index in [-0.39, 0.29) is 11.9 Å². The number of carbonyl (C=O) groups excluding carboxylic acids is 1. The van der Waals surface area contributed by atoms with Crippen molar-refractivity contribution < 1.29 is 4.79 Å². The normalized spacial score (nSPS) is 9.75. The van der Waals surface area contributed by atoms with E-state index in [1.165, 1.54) is 0 Å². The minimum Gasteiger partial charge on any atom is -0.368 e. The molecule has 0 fully saturated rings. The molecule has 0 aliphatic rings. The number of benzene rings is 1. The number of carbonyl (C=O) groups is 1. The lowest BCUT2D eigenvalue weighted by atomic mass is 10.2. The fourth-order valence-corrected chi connectivity index (χ4v) is 1.23. The van der Waals surface area contributed by atoms with Crippen LogP contribution in [0.2, 0.25) is 0 Å². The van der Waals surface area contributed by atoms with E-state index in [1.807, 2.05) is 30.3 Å². The summed E-state index contributed by atoms with van der Waals surface area (Å²) in [6.45, 7) is 0. The van der Waals surface area contributed by atoms with Crippen LogP contribution in [0.1, 0.15) is 0 Å². The number of nitrogens with zero attached hydrogens (tertiary/aromatic N) is 3. The van der Waals surface area contributed by atoms with Crippen LogP contribution in [-0.4, -0.2) is 21.4 Å². The maximum Gasteiger partial charge on any atom is 0.234 e. The van der Waals surface area contributed by atoms with Crippen LogP contribution in [0.3, 0.4) is 0 Å². The zero-order valence-electron chi connectivity index (χ0n) is 8.29. The zero-order chi connectivity index (χ0) is 11.4. The topological polar surface area (TPSA) is 93.8 Å². The largest absolute Gasteiger partial charge is 0.368 e. The van der Waals surface area contributed by atoms with Crippen molar-refractivity contribution in [3.05, 3.63) is 30.3 Å². The maximum absolute atomic E-state index is 10.3. The number of aromatic nitrogens is 3. The van der Waals surface area contributed by atoms with E-state index >= 15 is 0 Å². The summed E-state index contributed by atoms with van der Waals surface area (Å²) in [5, 5.41) is 2.34. The molecule has 1 amide bonds. The van der Waals surface area contributed by atoms with Crippen molar-refractivity contribution >= 4 is 18.3 Å². The molecule has 0 saturated carbocycles. The quantitative estimate of drug-likeness (QED) is 0.734. The Morgan fingerprint density at radius 1 is 1.12 bits per heavy atom. The Morgan fingerprint density at radius 2 is 1.88 bits per heavy atom. The van der Waals surface area contributed by atoms with Gasteiger partial charge in [0.25, 0.3) is 0 Å². The molecule has 1 aromatic heterocycles. The van der Waals surface area contributed by atoms with Crippen LogP contribution >= 0.6 is 0 Å². The average Bonchev–Trinajstić information content (AvgIpc) is 2.30. The highest BCUT2D eigenvalue weighted by molar-refractivity contribution is 5.68. The highest BCUT2D eigenvalue weighted by atomic mass is 16.1. The van der Waals surface area contributed by atoms with E-state index < -0.39 is 0 Å². The lowest BCUT2D eigenvalue weighted by Crippen LogP contribution is -2.06. The Kier molecular flexibility index (Phi) is 2.73. The van der Waals surface area contributed by atoms with Gasteiger partial charge in [-0.25, -0.2) is 0 Å². The van der Waals surface area contributed by atoms with E-state index in [4.69, 9.17) is 5.73 Å². The fourth-order valence-electron chi connectivity index (χ4n) is 1.23. The standard InChI is InChI=1S/C10H9N5O/c11-9-13-8(7-4-2-1-3-5-7)14-10(15-9)12-6-16/h1-6H,(H3,11,12,13,14,15,16). The first-order valence-corrected chi connectivity index (χ1v) is 4.57. The minimum atomic E-state index is 0.0678. The molecule has 16 heavy (non-hydrogen) atoms. The second-order valence-electron chi connectivity index (χ2n) is 2.97. The number of hydrogen-bond donors (Lipinski definition) is 2. The van der Waals surface area contributed by atoms with Gasteiger partial charge in [-0.3, -0.25) is 10.1 Å². The predicted molar refractivity (Wildman–Crippen MR) is 59.4 cm³/mol. The molecule has 1 heterocycles. The number of nitrogens with one attached hydrogen (secondary N) is 1. The number of anilines is 2. The average molecular weight is 215 g/mol. The molecular weight excluding hydrogens is 206 g/mol. The van der Waals surface area contributed by atoms with Crippen LogP contribution in [0.25, 0.3) is 11.4 Å². The van der Waals surface area contributed by atoms with Crippen molar-refractivity contribution in [2.75, 3.05) is 11.1 Å². The number of nitrogen functional groups attached to an aromatic ring is 1. The third kappa shape index (κ3) is 2.11. The van der Waals surface area contributed by atoms with Crippen molar-refractivity contribution in [2.24, 2.45) is 0 Å². The summed E-state index contributed by atoms with van der Waals surface area (Å²) in [5.74, 6) is 0.636. The first-order valence-electron chi connectivity index (χ1n) is 4.57. The number of rotatable bonds is 3. The summed E-state index contributed by atoms with van der Waals surface area (Å²) in [4.78, 5) is 22.1. The van der Waals surface area contributed by atoms with Crippen molar-refractivity contribution in [1.82, 2.24) is 15.0 Å². The van der Waals surface area contributed by atoms with E-state index in [0.717, 1.165) is 5.56 Å². The monoisotopic (exact) mass is 215 g/mol. The van der Waals surface area contributed by atoms with E-state index in [9.17, 15) is 4.79 Å². The molecule has 0 radical (unpaired) electrons. The van der Waals surface area contributed by atoms with Crippen LogP contribution in [-0.2, 0) is 4.79 Å². The Hall–Kier alpha value is -2.50. The molecule has 2 aromatic rings. The molecule has 80 valence electrons. The molecule has 0 saturated heterocycles. The van der Waals surface area contributed by atoms with E-state index in [1.54, 1.807) is 0 Å². The van der Waals surface area contributed by atoms with E-state index in [0.29, 0.717) is 12.2 Å². The first-order chi connectivity index (χ1) is 7.79. The predicted octanol–water partition coefficient (Wildman–Crippen LogP) is 0.689. The van der Waals surface area contributed by atoms with Gasteiger partial charge in [-0.1, -0.05) is 30.3 Å². The van der Waals surface area contributed by atoms with Gasteiger partial charge >= 0.3 is 0 Å². The van der Waals surface area contributed by atoms with Crippen LogP contribution in [0.5, 0.6) is 0 Å². The van der Waals surface area contributed by atoms with Gasteiger partial charge in [0, 0.05) is 5.56 Å². The summed E-state index contributed by atoms with van der Waals surface area (Å²) >= 11 is 0. The molecule has 6 nitrogen and oxygen atoms in total. The van der Waals surface area contributed by atoms with Crippen molar-refractivity contribution in [2.45, 2.75) is 0 Å². The Morgan fingerprint density at radius 3 is 2.56 bits per heavy atom. The third-order valence-corrected chi connectivity index (χ3v) is 1.87. The smallest absolute Gasteiger partial charge is 0.234 e. The molecular formula is C10H9N5O. The van der Waals surface area contributed by atoms with Crippen molar-refractivity contribution in [3.8, 4) is 11.4 Å². The lowest BCUT2D eigenvalue weighted by Gasteiger charge is -2.03. The maximum atomic E-state index is 10.3. The van der Waals surface area contributed by atoms with Crippen LogP contribution in [0, 0.1) is 0 Å². The summed E-state index contributed by atoms with van der Waals surface area (Å²) in [5.41, 5.74) is 6.32. The summed E-state index contributed by atoms with van der Waals surface area (Å²) in [7, 11) is 0. The van der Waals surface area contributed by atoms with Crippen molar-refractivity contribution in [3.63, 3.8) is 0 Å². The molecule has 0 bridgehead atoms.